The Morgan fingerprint density at radius 2 is 1.50 bits per heavy atom. The highest BCUT2D eigenvalue weighted by Gasteiger charge is 2.19. The van der Waals surface area contributed by atoms with Gasteiger partial charge in [0.25, 0.3) is 0 Å². The molecule has 0 aliphatic carbocycles. The molecule has 0 bridgehead atoms. The van der Waals surface area contributed by atoms with Crippen LogP contribution in [0.3, 0.4) is 0 Å². The molecule has 0 atom stereocenters. The van der Waals surface area contributed by atoms with E-state index in [2.05, 4.69) is 0 Å². The van der Waals surface area contributed by atoms with E-state index in [9.17, 15) is 8.78 Å². The molecule has 90 valence electrons. The average Bonchev–Trinajstić information content (AvgIpc) is 2.22. The van der Waals surface area contributed by atoms with Crippen molar-refractivity contribution in [3.8, 4) is 0 Å². The van der Waals surface area contributed by atoms with Crippen LogP contribution in [0.5, 0.6) is 0 Å². The molecular weight excluding hydrogens is 206 g/mol. The van der Waals surface area contributed by atoms with Gasteiger partial charge in [-0.25, -0.2) is 8.78 Å². The molecule has 0 saturated heterocycles. The quantitative estimate of drug-likeness (QED) is 0.719. The molecule has 0 saturated carbocycles. The number of hydrogen-bond donors (Lipinski definition) is 0. The summed E-state index contributed by atoms with van der Waals surface area (Å²) in [6, 6.07) is 0. The third-order valence-corrected chi connectivity index (χ3v) is 3.11. The molecule has 0 nitrogen and oxygen atoms in total. The maximum Gasteiger partial charge on any atom is 0.132 e. The van der Waals surface area contributed by atoms with E-state index in [1.807, 2.05) is 20.8 Å². The van der Waals surface area contributed by atoms with Gasteiger partial charge in [-0.3, -0.25) is 0 Å². The molecule has 1 aromatic rings. The summed E-state index contributed by atoms with van der Waals surface area (Å²) in [5.41, 5.74) is 2.27. The Kier molecular flexibility index (Phi) is 4.06. The largest absolute Gasteiger partial charge is 0.206 e. The maximum atomic E-state index is 14.1. The fraction of sp³-hybridized carbons (Fsp3) is 0.571. The Morgan fingerprint density at radius 3 is 1.94 bits per heavy atom. The molecule has 1 aromatic carbocycles. The van der Waals surface area contributed by atoms with Gasteiger partial charge in [-0.15, -0.1) is 0 Å². The summed E-state index contributed by atoms with van der Waals surface area (Å²) in [5, 5.41) is 0. The summed E-state index contributed by atoms with van der Waals surface area (Å²) in [6.07, 6.45) is 1.08. The summed E-state index contributed by atoms with van der Waals surface area (Å²) < 4.78 is 28.1. The van der Waals surface area contributed by atoms with Crippen molar-refractivity contribution in [2.24, 2.45) is 5.92 Å². The monoisotopic (exact) mass is 226 g/mol. The summed E-state index contributed by atoms with van der Waals surface area (Å²) in [7, 11) is 0. The summed E-state index contributed by atoms with van der Waals surface area (Å²) in [4.78, 5) is 0. The van der Waals surface area contributed by atoms with Gasteiger partial charge < -0.3 is 0 Å². The van der Waals surface area contributed by atoms with Crippen molar-refractivity contribution in [1.29, 1.82) is 0 Å². The molecule has 0 unspecified atom stereocenters. The van der Waals surface area contributed by atoms with Gasteiger partial charge in [-0.2, -0.15) is 0 Å². The van der Waals surface area contributed by atoms with Gasteiger partial charge in [-0.1, -0.05) is 20.8 Å². The molecule has 0 aliphatic rings. The second-order valence-corrected chi connectivity index (χ2v) is 4.79. The normalized spacial score (nSPS) is 11.2. The van der Waals surface area contributed by atoms with Gasteiger partial charge in [0.05, 0.1) is 0 Å². The van der Waals surface area contributed by atoms with Crippen LogP contribution in [0, 0.1) is 31.4 Å². The third-order valence-electron chi connectivity index (χ3n) is 3.11. The minimum absolute atomic E-state index is 0.259. The molecule has 0 spiro atoms. The minimum atomic E-state index is -0.360. The first kappa shape index (κ1) is 13.1. The third kappa shape index (κ3) is 2.26. The van der Waals surface area contributed by atoms with E-state index in [-0.39, 0.29) is 23.1 Å². The van der Waals surface area contributed by atoms with Crippen LogP contribution in [-0.2, 0) is 12.8 Å². The first-order valence-corrected chi connectivity index (χ1v) is 5.86. The predicted octanol–water partition coefficient (Wildman–Crippen LogP) is 4.34. The van der Waals surface area contributed by atoms with Crippen LogP contribution in [-0.4, -0.2) is 0 Å². The van der Waals surface area contributed by atoms with Gasteiger partial charge in [0.1, 0.15) is 11.6 Å². The predicted molar refractivity (Wildman–Crippen MR) is 63.8 cm³/mol. The molecular formula is C14H20F2. The Hall–Kier alpha value is -0.920. The smallest absolute Gasteiger partial charge is 0.132 e. The molecule has 0 radical (unpaired) electrons. The summed E-state index contributed by atoms with van der Waals surface area (Å²) in [5.74, 6) is -0.437. The van der Waals surface area contributed by atoms with Gasteiger partial charge in [0, 0.05) is 5.56 Å². The highest BCUT2D eigenvalue weighted by Crippen LogP contribution is 2.27. The van der Waals surface area contributed by atoms with Crippen molar-refractivity contribution in [2.45, 2.75) is 47.5 Å². The number of rotatable bonds is 3. The first-order valence-electron chi connectivity index (χ1n) is 5.86. The Bertz CT molecular complexity index is 392. The van der Waals surface area contributed by atoms with E-state index in [0.29, 0.717) is 24.0 Å². The van der Waals surface area contributed by atoms with Crippen molar-refractivity contribution in [1.82, 2.24) is 0 Å². The van der Waals surface area contributed by atoms with E-state index >= 15 is 0 Å². The van der Waals surface area contributed by atoms with Crippen molar-refractivity contribution >= 4 is 0 Å². The molecule has 0 aromatic heterocycles. The van der Waals surface area contributed by atoms with Crippen molar-refractivity contribution in [3.63, 3.8) is 0 Å². The standard InChI is InChI=1S/C14H20F2/c1-6-11-9(4)10(5)13(15)12(14(11)16)7-8(2)3/h8H,6-7H2,1-5H3. The lowest BCUT2D eigenvalue weighted by Gasteiger charge is -2.16. The van der Waals surface area contributed by atoms with Crippen LogP contribution in [0.15, 0.2) is 0 Å². The lowest BCUT2D eigenvalue weighted by molar-refractivity contribution is 0.512. The molecule has 0 fully saturated rings. The first-order chi connectivity index (χ1) is 7.40. The molecule has 16 heavy (non-hydrogen) atoms. The van der Waals surface area contributed by atoms with E-state index in [1.54, 1.807) is 13.8 Å². The molecule has 2 heteroatoms. The zero-order chi connectivity index (χ0) is 12.5. The van der Waals surface area contributed by atoms with Crippen molar-refractivity contribution in [2.75, 3.05) is 0 Å². The van der Waals surface area contributed by atoms with Gasteiger partial charge >= 0.3 is 0 Å². The zero-order valence-electron chi connectivity index (χ0n) is 10.7. The van der Waals surface area contributed by atoms with E-state index in [4.69, 9.17) is 0 Å². The van der Waals surface area contributed by atoms with Gasteiger partial charge in [0.2, 0.25) is 0 Å². The lowest BCUT2D eigenvalue weighted by atomic mass is 9.92. The van der Waals surface area contributed by atoms with Crippen LogP contribution in [0.25, 0.3) is 0 Å². The van der Waals surface area contributed by atoms with Gasteiger partial charge in [-0.05, 0) is 49.3 Å². The number of benzene rings is 1. The molecule has 0 heterocycles. The number of hydrogen-bond acceptors (Lipinski definition) is 0. The molecule has 0 aliphatic heterocycles. The second kappa shape index (κ2) is 4.94. The molecule has 0 N–H and O–H groups in total. The molecule has 0 amide bonds. The van der Waals surface area contributed by atoms with E-state index < -0.39 is 0 Å². The molecule has 1 rings (SSSR count). The summed E-state index contributed by atoms with van der Waals surface area (Å²) in [6.45, 7) is 9.37. The van der Waals surface area contributed by atoms with E-state index in [0.717, 1.165) is 5.56 Å². The average molecular weight is 226 g/mol. The number of halogens is 2. The maximum absolute atomic E-state index is 14.1. The minimum Gasteiger partial charge on any atom is -0.206 e. The van der Waals surface area contributed by atoms with E-state index in [1.165, 1.54) is 0 Å². The highest BCUT2D eigenvalue weighted by atomic mass is 19.1. The summed E-state index contributed by atoms with van der Waals surface area (Å²) >= 11 is 0. The SMILES string of the molecule is CCc1c(C)c(C)c(F)c(CC(C)C)c1F. The van der Waals surface area contributed by atoms with Crippen LogP contribution in [0.1, 0.15) is 43.0 Å². The van der Waals surface area contributed by atoms with Crippen molar-refractivity contribution in [3.05, 3.63) is 33.9 Å². The highest BCUT2D eigenvalue weighted by molar-refractivity contribution is 5.40. The van der Waals surface area contributed by atoms with Crippen LogP contribution in [0.2, 0.25) is 0 Å². The fourth-order valence-corrected chi connectivity index (χ4v) is 2.07. The lowest BCUT2D eigenvalue weighted by Crippen LogP contribution is -2.09. The fourth-order valence-electron chi connectivity index (χ4n) is 2.07. The van der Waals surface area contributed by atoms with Crippen molar-refractivity contribution < 1.29 is 8.78 Å². The Labute approximate surface area is 96.7 Å². The van der Waals surface area contributed by atoms with Crippen LogP contribution >= 0.6 is 0 Å². The Morgan fingerprint density at radius 1 is 0.938 bits per heavy atom. The second-order valence-electron chi connectivity index (χ2n) is 4.79. The Balaban J connectivity index is 3.43. The topological polar surface area (TPSA) is 0 Å². The van der Waals surface area contributed by atoms with Crippen LogP contribution < -0.4 is 0 Å². The van der Waals surface area contributed by atoms with Crippen LogP contribution in [0.4, 0.5) is 8.78 Å². The van der Waals surface area contributed by atoms with Gasteiger partial charge in [0.15, 0.2) is 0 Å². The zero-order valence-corrected chi connectivity index (χ0v) is 10.7.